The minimum absolute atomic E-state index is 0.705. The molecule has 0 saturated carbocycles. The van der Waals surface area contributed by atoms with Crippen molar-refractivity contribution in [1.82, 2.24) is 0 Å². The van der Waals surface area contributed by atoms with Gasteiger partial charge in [0.25, 0.3) is 0 Å². The van der Waals surface area contributed by atoms with Gasteiger partial charge in [-0.15, -0.1) is 0 Å². The highest BCUT2D eigenvalue weighted by Crippen LogP contribution is 2.11. The molecule has 0 amide bonds. The molecule has 0 spiro atoms. The third-order valence-corrected chi connectivity index (χ3v) is 6.49. The van der Waals surface area contributed by atoms with E-state index in [2.05, 4.69) is 42.0 Å². The molecule has 0 rings (SSSR count). The molecule has 0 aliphatic carbocycles. The quantitative estimate of drug-likeness (QED) is 0.0807. The normalized spacial score (nSPS) is 12.6. The number of quaternary nitrogens is 2. The van der Waals surface area contributed by atoms with Crippen LogP contribution in [0.4, 0.5) is 0 Å². The van der Waals surface area contributed by atoms with Gasteiger partial charge in [-0.1, -0.05) is 90.9 Å². The summed E-state index contributed by atoms with van der Waals surface area (Å²) in [6.45, 7) is 9.97. The Hall–Kier alpha value is -0.160. The maximum Gasteiger partial charge on any atom is 0.182 e. The standard InChI is InChI=1S/C28H62N2O2/c1-7-9-11-13-15-17-19-21-23-29(3,4)27-31-25-26-32-28-30(5,6)24-22-20-18-16-14-12-10-8-2/h7-28H2,1-6H3/q+2. The average molecular weight is 459 g/mol. The van der Waals surface area contributed by atoms with Gasteiger partial charge in [0.2, 0.25) is 0 Å². The monoisotopic (exact) mass is 458 g/mol. The smallest absolute Gasteiger partial charge is 0.182 e. The summed E-state index contributed by atoms with van der Waals surface area (Å²) >= 11 is 0. The summed E-state index contributed by atoms with van der Waals surface area (Å²) in [7, 11) is 9.13. The van der Waals surface area contributed by atoms with Gasteiger partial charge in [-0.25, -0.2) is 0 Å². The fourth-order valence-electron chi connectivity index (χ4n) is 4.22. The Bertz CT molecular complexity index is 350. The van der Waals surface area contributed by atoms with Crippen LogP contribution in [0, 0.1) is 0 Å². The molecule has 4 nitrogen and oxygen atoms in total. The van der Waals surface area contributed by atoms with E-state index in [1.165, 1.54) is 116 Å². The van der Waals surface area contributed by atoms with E-state index >= 15 is 0 Å². The Morgan fingerprint density at radius 2 is 0.688 bits per heavy atom. The van der Waals surface area contributed by atoms with Gasteiger partial charge in [0, 0.05) is 0 Å². The van der Waals surface area contributed by atoms with Crippen LogP contribution >= 0.6 is 0 Å². The second-order valence-corrected chi connectivity index (χ2v) is 11.3. The third-order valence-electron chi connectivity index (χ3n) is 6.49. The first kappa shape index (κ1) is 31.8. The Kier molecular flexibility index (Phi) is 21.3. The van der Waals surface area contributed by atoms with Crippen molar-refractivity contribution in [2.24, 2.45) is 0 Å². The van der Waals surface area contributed by atoms with Crippen LogP contribution in [0.1, 0.15) is 117 Å². The van der Waals surface area contributed by atoms with Crippen LogP contribution in [0.15, 0.2) is 0 Å². The lowest BCUT2D eigenvalue weighted by Crippen LogP contribution is -2.43. The maximum atomic E-state index is 5.93. The van der Waals surface area contributed by atoms with Gasteiger partial charge in [-0.3, -0.25) is 0 Å². The molecule has 194 valence electrons. The summed E-state index contributed by atoms with van der Waals surface area (Å²) in [4.78, 5) is 0. The van der Waals surface area contributed by atoms with Crippen molar-refractivity contribution < 1.29 is 18.4 Å². The maximum absolute atomic E-state index is 5.93. The zero-order valence-electron chi connectivity index (χ0n) is 23.3. The summed E-state index contributed by atoms with van der Waals surface area (Å²) in [5.74, 6) is 0. The lowest BCUT2D eigenvalue weighted by Gasteiger charge is -2.30. The third kappa shape index (κ3) is 23.0. The molecule has 0 unspecified atom stereocenters. The van der Waals surface area contributed by atoms with E-state index in [1.807, 2.05) is 0 Å². The highest BCUT2D eigenvalue weighted by atomic mass is 16.5. The van der Waals surface area contributed by atoms with Crippen molar-refractivity contribution in [2.45, 2.75) is 117 Å². The molecule has 0 aromatic heterocycles. The number of hydrogen-bond acceptors (Lipinski definition) is 2. The number of unbranched alkanes of at least 4 members (excludes halogenated alkanes) is 14. The molecule has 0 atom stereocenters. The van der Waals surface area contributed by atoms with Crippen molar-refractivity contribution in [3.05, 3.63) is 0 Å². The molecule has 32 heavy (non-hydrogen) atoms. The number of rotatable bonds is 25. The summed E-state index contributed by atoms with van der Waals surface area (Å²) < 4.78 is 13.8. The van der Waals surface area contributed by atoms with Crippen molar-refractivity contribution in [2.75, 3.05) is 68.0 Å². The highest BCUT2D eigenvalue weighted by Gasteiger charge is 2.16. The van der Waals surface area contributed by atoms with E-state index in [-0.39, 0.29) is 0 Å². The van der Waals surface area contributed by atoms with Gasteiger partial charge in [-0.2, -0.15) is 0 Å². The Morgan fingerprint density at radius 1 is 0.406 bits per heavy atom. The molecule has 0 aromatic rings. The number of ether oxygens (including phenoxy) is 2. The molecule has 0 heterocycles. The number of nitrogens with zero attached hydrogens (tertiary/aromatic N) is 2. The van der Waals surface area contributed by atoms with E-state index in [0.717, 1.165) is 22.4 Å². The Labute approximate surface area is 203 Å². The zero-order valence-corrected chi connectivity index (χ0v) is 23.3. The van der Waals surface area contributed by atoms with Crippen LogP contribution in [0.3, 0.4) is 0 Å². The molecule has 0 radical (unpaired) electrons. The van der Waals surface area contributed by atoms with Gasteiger partial charge in [0.05, 0.1) is 54.5 Å². The zero-order chi connectivity index (χ0) is 24.0. The molecule has 0 aliphatic heterocycles. The van der Waals surface area contributed by atoms with Gasteiger partial charge in [0.1, 0.15) is 0 Å². The van der Waals surface area contributed by atoms with E-state index in [1.54, 1.807) is 0 Å². The van der Waals surface area contributed by atoms with E-state index < -0.39 is 0 Å². The highest BCUT2D eigenvalue weighted by molar-refractivity contribution is 4.47. The van der Waals surface area contributed by atoms with Crippen LogP contribution in [0.2, 0.25) is 0 Å². The summed E-state index contributed by atoms with van der Waals surface area (Å²) in [5.41, 5.74) is 0. The van der Waals surface area contributed by atoms with E-state index in [4.69, 9.17) is 9.47 Å². The fraction of sp³-hybridized carbons (Fsp3) is 1.00. The average Bonchev–Trinajstić information content (AvgIpc) is 2.74. The van der Waals surface area contributed by atoms with E-state index in [9.17, 15) is 0 Å². The van der Waals surface area contributed by atoms with Gasteiger partial charge in [-0.05, 0) is 25.7 Å². The molecular formula is C28H62N2O2+2. The first-order chi connectivity index (χ1) is 15.3. The molecule has 0 saturated heterocycles. The van der Waals surface area contributed by atoms with Crippen LogP contribution in [0.25, 0.3) is 0 Å². The lowest BCUT2D eigenvalue weighted by atomic mass is 10.1. The Morgan fingerprint density at radius 3 is 1.00 bits per heavy atom. The predicted molar refractivity (Wildman–Crippen MR) is 141 cm³/mol. The molecule has 4 heteroatoms. The Balaban J connectivity index is 3.56. The topological polar surface area (TPSA) is 18.5 Å². The van der Waals surface area contributed by atoms with Gasteiger partial charge in [0.15, 0.2) is 13.5 Å². The van der Waals surface area contributed by atoms with Crippen molar-refractivity contribution >= 4 is 0 Å². The molecule has 0 N–H and O–H groups in total. The SMILES string of the molecule is CCCCCCCCCC[N+](C)(C)COCCOC[N+](C)(C)CCCCCCCCCC. The lowest BCUT2D eigenvalue weighted by molar-refractivity contribution is -0.912. The summed E-state index contributed by atoms with van der Waals surface area (Å²) in [6.07, 6.45) is 22.1. The van der Waals surface area contributed by atoms with Crippen molar-refractivity contribution in [3.8, 4) is 0 Å². The molecule has 0 aliphatic rings. The van der Waals surface area contributed by atoms with Crippen LogP contribution in [-0.2, 0) is 9.47 Å². The second-order valence-electron chi connectivity index (χ2n) is 11.3. The largest absolute Gasteiger partial charge is 0.329 e. The fourth-order valence-corrected chi connectivity index (χ4v) is 4.22. The minimum Gasteiger partial charge on any atom is -0.329 e. The minimum atomic E-state index is 0.705. The summed E-state index contributed by atoms with van der Waals surface area (Å²) in [6, 6.07) is 0. The van der Waals surface area contributed by atoms with Gasteiger partial charge < -0.3 is 18.4 Å². The molecule has 0 fully saturated rings. The first-order valence-corrected chi connectivity index (χ1v) is 14.1. The number of hydrogen-bond donors (Lipinski definition) is 0. The second kappa shape index (κ2) is 21.4. The van der Waals surface area contributed by atoms with Crippen LogP contribution in [-0.4, -0.2) is 76.9 Å². The van der Waals surface area contributed by atoms with Gasteiger partial charge >= 0.3 is 0 Å². The van der Waals surface area contributed by atoms with Crippen molar-refractivity contribution in [3.63, 3.8) is 0 Å². The van der Waals surface area contributed by atoms with Crippen LogP contribution < -0.4 is 0 Å². The molecule has 0 aromatic carbocycles. The predicted octanol–water partition coefficient (Wildman–Crippen LogP) is 7.37. The van der Waals surface area contributed by atoms with Crippen LogP contribution in [0.5, 0.6) is 0 Å². The van der Waals surface area contributed by atoms with Crippen molar-refractivity contribution in [1.29, 1.82) is 0 Å². The molecule has 0 bridgehead atoms. The van der Waals surface area contributed by atoms with E-state index in [0.29, 0.717) is 13.2 Å². The molecular weight excluding hydrogens is 396 g/mol. The first-order valence-electron chi connectivity index (χ1n) is 14.1. The summed E-state index contributed by atoms with van der Waals surface area (Å²) in [5, 5.41) is 0.